The minimum absolute atomic E-state index is 0.0436. The number of rotatable bonds is 2. The third-order valence-corrected chi connectivity index (χ3v) is 17.7. The van der Waals surface area contributed by atoms with E-state index in [1.165, 1.54) is 126 Å². The van der Waals surface area contributed by atoms with Gasteiger partial charge in [-0.3, -0.25) is 0 Å². The first-order valence-corrected chi connectivity index (χ1v) is 24.7. The number of nitrogens with zero attached hydrogens (tertiary/aromatic N) is 2. The van der Waals surface area contributed by atoms with Crippen molar-refractivity contribution in [3.8, 4) is 0 Å². The Labute approximate surface area is 388 Å². The van der Waals surface area contributed by atoms with Crippen LogP contribution in [-0.4, -0.2) is 6.71 Å². The van der Waals surface area contributed by atoms with Gasteiger partial charge in [0.15, 0.2) is 0 Å². The van der Waals surface area contributed by atoms with E-state index in [1.807, 2.05) is 0 Å². The van der Waals surface area contributed by atoms with E-state index in [0.29, 0.717) is 0 Å². The Balaban J connectivity index is 1.24. The van der Waals surface area contributed by atoms with Crippen molar-refractivity contribution in [2.75, 3.05) is 9.80 Å². The average Bonchev–Trinajstić information content (AvgIpc) is 3.70. The second-order valence-electron chi connectivity index (χ2n) is 25.1. The van der Waals surface area contributed by atoms with Crippen molar-refractivity contribution in [1.82, 2.24) is 0 Å². The Morgan fingerprint density at radius 2 is 0.877 bits per heavy atom. The van der Waals surface area contributed by atoms with Crippen molar-refractivity contribution in [3.63, 3.8) is 0 Å². The molecule has 0 N–H and O–H groups in total. The average molecular weight is 855 g/mol. The van der Waals surface area contributed by atoms with Gasteiger partial charge in [0, 0.05) is 33.8 Å². The van der Waals surface area contributed by atoms with Crippen molar-refractivity contribution in [3.05, 3.63) is 136 Å². The van der Waals surface area contributed by atoms with E-state index in [-0.39, 0.29) is 39.2 Å². The van der Waals surface area contributed by atoms with Gasteiger partial charge in [-0.15, -0.1) is 0 Å². The molecule has 0 saturated carbocycles. The Hall–Kier alpha value is -5.22. The highest BCUT2D eigenvalue weighted by atomic mass is 16.3. The van der Waals surface area contributed by atoms with Gasteiger partial charge >= 0.3 is 0 Å². The molecule has 0 radical (unpaired) electrons. The monoisotopic (exact) mass is 855 g/mol. The molecule has 0 amide bonds. The predicted molar refractivity (Wildman–Crippen MR) is 278 cm³/mol. The number of para-hydroxylation sites is 1. The molecular weight excluding hydrogens is 787 g/mol. The van der Waals surface area contributed by atoms with Crippen LogP contribution in [0.1, 0.15) is 160 Å². The topological polar surface area (TPSA) is 19.6 Å². The maximum Gasteiger partial charge on any atom is 0.252 e. The SMILES string of the molecule is Cc1cc2c3c(c1)N(c1cccc4oc5ccccc5c14)c1cc4c(cc1B3c1cc3c(cc1N2c1cc2c(cc1C)C(C)(C)CCC2(C)C)C(C)(C)CC3(C)C)C(C)(C)CCC4(C)C. The fourth-order valence-corrected chi connectivity index (χ4v) is 14.1. The van der Waals surface area contributed by atoms with Gasteiger partial charge in [-0.2, -0.15) is 0 Å². The molecule has 12 rings (SSSR count). The number of fused-ring (bicyclic) bond motifs is 10. The normalized spacial score (nSPS) is 20.8. The van der Waals surface area contributed by atoms with Crippen LogP contribution in [0, 0.1) is 13.8 Å². The summed E-state index contributed by atoms with van der Waals surface area (Å²) >= 11 is 0. The molecule has 3 heterocycles. The van der Waals surface area contributed by atoms with Crippen LogP contribution in [0.5, 0.6) is 0 Å². The summed E-state index contributed by atoms with van der Waals surface area (Å²) in [6, 6.07) is 36.2. The predicted octanol–water partition coefficient (Wildman–Crippen LogP) is 14.9. The molecule has 7 aromatic rings. The molecule has 0 fully saturated rings. The molecule has 3 nitrogen and oxygen atoms in total. The number of benzene rings is 6. The van der Waals surface area contributed by atoms with E-state index in [0.717, 1.165) is 23.0 Å². The van der Waals surface area contributed by atoms with Crippen LogP contribution in [0.2, 0.25) is 0 Å². The third kappa shape index (κ3) is 5.61. The molecule has 65 heavy (non-hydrogen) atoms. The minimum Gasteiger partial charge on any atom is -0.456 e. The molecule has 2 aliphatic heterocycles. The molecule has 0 unspecified atom stereocenters. The van der Waals surface area contributed by atoms with Crippen LogP contribution >= 0.6 is 0 Å². The number of hydrogen-bond acceptors (Lipinski definition) is 3. The molecule has 0 saturated heterocycles. The van der Waals surface area contributed by atoms with Crippen LogP contribution in [0.4, 0.5) is 34.1 Å². The van der Waals surface area contributed by atoms with Gasteiger partial charge in [0.2, 0.25) is 0 Å². The molecule has 1 aromatic heterocycles. The van der Waals surface area contributed by atoms with Crippen LogP contribution in [0.3, 0.4) is 0 Å². The van der Waals surface area contributed by atoms with Crippen molar-refractivity contribution in [2.45, 2.75) is 162 Å². The van der Waals surface area contributed by atoms with Gasteiger partial charge < -0.3 is 14.2 Å². The highest BCUT2D eigenvalue weighted by molar-refractivity contribution is 7.00. The van der Waals surface area contributed by atoms with Crippen LogP contribution in [0.15, 0.2) is 95.4 Å². The quantitative estimate of drug-likeness (QED) is 0.162. The number of furan rings is 1. The van der Waals surface area contributed by atoms with Gasteiger partial charge in [-0.25, -0.2) is 0 Å². The van der Waals surface area contributed by atoms with E-state index in [2.05, 4.69) is 198 Å². The Morgan fingerprint density at radius 1 is 0.431 bits per heavy atom. The summed E-state index contributed by atoms with van der Waals surface area (Å²) in [7, 11) is 0. The first-order chi connectivity index (χ1) is 30.5. The van der Waals surface area contributed by atoms with Crippen molar-refractivity contribution < 1.29 is 4.42 Å². The van der Waals surface area contributed by atoms with Crippen LogP contribution in [-0.2, 0) is 32.5 Å². The molecule has 330 valence electrons. The first kappa shape index (κ1) is 41.2. The largest absolute Gasteiger partial charge is 0.456 e. The summed E-state index contributed by atoms with van der Waals surface area (Å²) < 4.78 is 6.67. The minimum atomic E-state index is 0.0436. The lowest BCUT2D eigenvalue weighted by Crippen LogP contribution is -2.62. The molecule has 5 aliphatic rings. The standard InChI is InChI=1S/C61H67BN2O/c1-35-26-50-55-51(27-35)64(47-31-41-38(28-36(47)2)56(3,4)22-24-58(41,7)8)49-33-43-40(60(11,12)34-61(43,13)14)30-45(49)62(55)44-29-39-42(59(9,10)25-23-57(39,5)6)32-48(44)63(50)46-19-17-21-53-54(46)37-18-15-16-20-52(37)65-53/h15-21,26-33H,22-25,34H2,1-14H3. The van der Waals surface area contributed by atoms with Gasteiger partial charge in [-0.05, 0) is 188 Å². The van der Waals surface area contributed by atoms with E-state index in [9.17, 15) is 0 Å². The van der Waals surface area contributed by atoms with E-state index in [1.54, 1.807) is 0 Å². The van der Waals surface area contributed by atoms with Crippen molar-refractivity contribution in [1.29, 1.82) is 0 Å². The Bertz CT molecular complexity index is 3240. The highest BCUT2D eigenvalue weighted by Crippen LogP contribution is 2.56. The molecule has 3 aliphatic carbocycles. The number of anilines is 6. The smallest absolute Gasteiger partial charge is 0.252 e. The first-order valence-electron chi connectivity index (χ1n) is 24.7. The molecule has 0 spiro atoms. The fraction of sp³-hybridized carbons (Fsp3) is 0.410. The van der Waals surface area contributed by atoms with Crippen LogP contribution < -0.4 is 26.2 Å². The zero-order valence-corrected chi connectivity index (χ0v) is 41.6. The zero-order valence-electron chi connectivity index (χ0n) is 41.6. The summed E-state index contributed by atoms with van der Waals surface area (Å²) in [5.74, 6) is 0. The van der Waals surface area contributed by atoms with Gasteiger partial charge in [0.25, 0.3) is 6.71 Å². The molecule has 4 heteroatoms. The van der Waals surface area contributed by atoms with E-state index < -0.39 is 0 Å². The van der Waals surface area contributed by atoms with Crippen molar-refractivity contribution >= 4 is 79.2 Å². The molecule has 0 atom stereocenters. The molecule has 6 aromatic carbocycles. The fourth-order valence-electron chi connectivity index (χ4n) is 14.1. The molecule has 0 bridgehead atoms. The number of aryl methyl sites for hydroxylation is 2. The lowest BCUT2D eigenvalue weighted by Gasteiger charge is -2.48. The molecular formula is C61H67BN2O. The lowest BCUT2D eigenvalue weighted by atomic mass is 9.32. The lowest BCUT2D eigenvalue weighted by molar-refractivity contribution is 0.332. The summed E-state index contributed by atoms with van der Waals surface area (Å²) in [5, 5.41) is 2.33. The third-order valence-electron chi connectivity index (χ3n) is 17.7. The summed E-state index contributed by atoms with van der Waals surface area (Å²) in [4.78, 5) is 5.39. The summed E-state index contributed by atoms with van der Waals surface area (Å²) in [5.41, 5.74) is 25.9. The maximum absolute atomic E-state index is 6.67. The van der Waals surface area contributed by atoms with Gasteiger partial charge in [0.1, 0.15) is 11.2 Å². The second-order valence-corrected chi connectivity index (χ2v) is 25.1. The zero-order chi connectivity index (χ0) is 45.7. The summed E-state index contributed by atoms with van der Waals surface area (Å²) in [6.07, 6.45) is 5.86. The highest BCUT2D eigenvalue weighted by Gasteiger charge is 2.50. The Kier molecular flexibility index (Phi) is 8.13. The summed E-state index contributed by atoms with van der Waals surface area (Å²) in [6.45, 7) is 34.5. The van der Waals surface area contributed by atoms with E-state index in [4.69, 9.17) is 4.42 Å². The number of hydrogen-bond donors (Lipinski definition) is 0. The van der Waals surface area contributed by atoms with E-state index >= 15 is 0 Å². The second kappa shape index (κ2) is 12.8. The Morgan fingerprint density at radius 3 is 1.45 bits per heavy atom. The van der Waals surface area contributed by atoms with Gasteiger partial charge in [0.05, 0.1) is 11.1 Å². The van der Waals surface area contributed by atoms with Crippen molar-refractivity contribution in [2.24, 2.45) is 0 Å². The van der Waals surface area contributed by atoms with Crippen LogP contribution in [0.25, 0.3) is 21.9 Å². The maximum atomic E-state index is 6.67. The van der Waals surface area contributed by atoms with Gasteiger partial charge in [-0.1, -0.05) is 126 Å².